The van der Waals surface area contributed by atoms with E-state index < -0.39 is 0 Å². The molecule has 0 amide bonds. The van der Waals surface area contributed by atoms with E-state index in [0.29, 0.717) is 0 Å². The molecule has 3 N–H and O–H groups in total. The van der Waals surface area contributed by atoms with E-state index in [9.17, 15) is 0 Å². The Hall–Kier alpha value is -1.06. The fourth-order valence-electron chi connectivity index (χ4n) is 2.08. The lowest BCUT2D eigenvalue weighted by Gasteiger charge is -2.25. The quantitative estimate of drug-likeness (QED) is 0.552. The van der Waals surface area contributed by atoms with Crippen molar-refractivity contribution in [2.45, 2.75) is 25.3 Å². The third kappa shape index (κ3) is 1.61. The van der Waals surface area contributed by atoms with Crippen LogP contribution >= 0.6 is 0 Å². The van der Waals surface area contributed by atoms with Gasteiger partial charge in [0.2, 0.25) is 0 Å². The summed E-state index contributed by atoms with van der Waals surface area (Å²) in [5.74, 6) is 6.43. The first kappa shape index (κ1) is 9.49. The second-order valence-electron chi connectivity index (χ2n) is 3.68. The van der Waals surface area contributed by atoms with Gasteiger partial charge in [0.1, 0.15) is 5.75 Å². The van der Waals surface area contributed by atoms with Crippen LogP contribution in [0.5, 0.6) is 5.75 Å². The summed E-state index contributed by atoms with van der Waals surface area (Å²) >= 11 is 0. The van der Waals surface area contributed by atoms with Gasteiger partial charge in [-0.15, -0.1) is 0 Å². The predicted octanol–water partition coefficient (Wildman–Crippen LogP) is 1.54. The highest BCUT2D eigenvalue weighted by Crippen LogP contribution is 2.31. The van der Waals surface area contributed by atoms with Gasteiger partial charge in [-0.2, -0.15) is 0 Å². The molecule has 3 heteroatoms. The molecule has 3 nitrogen and oxygen atoms in total. The van der Waals surface area contributed by atoms with Crippen molar-refractivity contribution < 1.29 is 4.74 Å². The molecule has 0 saturated carbocycles. The number of aryl methyl sites for hydroxylation is 1. The van der Waals surface area contributed by atoms with Crippen molar-refractivity contribution >= 4 is 0 Å². The summed E-state index contributed by atoms with van der Waals surface area (Å²) < 4.78 is 5.20. The topological polar surface area (TPSA) is 47.3 Å². The van der Waals surface area contributed by atoms with Gasteiger partial charge in [0.25, 0.3) is 0 Å². The highest BCUT2D eigenvalue weighted by Gasteiger charge is 2.19. The molecule has 0 spiro atoms. The van der Waals surface area contributed by atoms with Crippen LogP contribution < -0.4 is 16.0 Å². The Morgan fingerprint density at radius 1 is 1.50 bits per heavy atom. The number of methoxy groups -OCH3 is 1. The van der Waals surface area contributed by atoms with Gasteiger partial charge in [-0.3, -0.25) is 11.3 Å². The van der Waals surface area contributed by atoms with Gasteiger partial charge in [0, 0.05) is 6.04 Å². The fourth-order valence-corrected chi connectivity index (χ4v) is 2.08. The van der Waals surface area contributed by atoms with E-state index in [1.165, 1.54) is 17.5 Å². The number of ether oxygens (including phenoxy) is 1. The lowest BCUT2D eigenvalue weighted by atomic mass is 9.88. The first-order chi connectivity index (χ1) is 6.85. The van der Waals surface area contributed by atoms with Crippen LogP contribution in [0.2, 0.25) is 0 Å². The third-order valence-electron chi connectivity index (χ3n) is 2.87. The molecule has 2 rings (SSSR count). The zero-order valence-corrected chi connectivity index (χ0v) is 8.42. The van der Waals surface area contributed by atoms with Crippen LogP contribution in [0.15, 0.2) is 18.2 Å². The number of benzene rings is 1. The first-order valence-electron chi connectivity index (χ1n) is 4.98. The largest absolute Gasteiger partial charge is 0.497 e. The molecule has 1 unspecified atom stereocenters. The summed E-state index contributed by atoms with van der Waals surface area (Å²) in [4.78, 5) is 0. The minimum atomic E-state index is 0.286. The van der Waals surface area contributed by atoms with Crippen molar-refractivity contribution in [2.75, 3.05) is 7.11 Å². The summed E-state index contributed by atoms with van der Waals surface area (Å²) in [6, 6.07) is 6.52. The molecule has 0 radical (unpaired) electrons. The van der Waals surface area contributed by atoms with E-state index in [1.807, 2.05) is 6.07 Å². The molecular weight excluding hydrogens is 176 g/mol. The van der Waals surface area contributed by atoms with Crippen LogP contribution in [-0.2, 0) is 6.42 Å². The second kappa shape index (κ2) is 3.98. The third-order valence-corrected chi connectivity index (χ3v) is 2.87. The molecule has 0 saturated heterocycles. The molecule has 1 atom stereocenters. The Labute approximate surface area is 84.2 Å². The number of nitrogens with two attached hydrogens (primary N) is 1. The van der Waals surface area contributed by atoms with Gasteiger partial charge >= 0.3 is 0 Å². The fraction of sp³-hybridized carbons (Fsp3) is 0.455. The van der Waals surface area contributed by atoms with Crippen molar-refractivity contribution in [3.63, 3.8) is 0 Å². The molecular formula is C11H16N2O. The average Bonchev–Trinajstić information content (AvgIpc) is 2.27. The number of nitrogens with one attached hydrogen (secondary N) is 1. The summed E-state index contributed by atoms with van der Waals surface area (Å²) in [6.45, 7) is 0. The van der Waals surface area contributed by atoms with Crippen molar-refractivity contribution in [3.8, 4) is 5.75 Å². The molecule has 0 fully saturated rings. The number of fused-ring (bicyclic) bond motifs is 1. The van der Waals surface area contributed by atoms with Crippen molar-refractivity contribution in [3.05, 3.63) is 29.3 Å². The Morgan fingerprint density at radius 3 is 3.07 bits per heavy atom. The monoisotopic (exact) mass is 192 g/mol. The summed E-state index contributed by atoms with van der Waals surface area (Å²) in [7, 11) is 1.69. The minimum Gasteiger partial charge on any atom is -0.497 e. The Kier molecular flexibility index (Phi) is 2.70. The van der Waals surface area contributed by atoms with Crippen molar-refractivity contribution in [1.82, 2.24) is 5.43 Å². The van der Waals surface area contributed by atoms with Crippen LogP contribution in [0.4, 0.5) is 0 Å². The first-order valence-corrected chi connectivity index (χ1v) is 4.98. The molecule has 14 heavy (non-hydrogen) atoms. The van der Waals surface area contributed by atoms with Crippen LogP contribution in [0.1, 0.15) is 30.0 Å². The highest BCUT2D eigenvalue weighted by molar-refractivity contribution is 5.39. The molecule has 1 aromatic rings. The van der Waals surface area contributed by atoms with E-state index in [-0.39, 0.29) is 6.04 Å². The van der Waals surface area contributed by atoms with E-state index in [4.69, 9.17) is 10.6 Å². The zero-order chi connectivity index (χ0) is 9.97. The van der Waals surface area contributed by atoms with Gasteiger partial charge in [-0.1, -0.05) is 6.07 Å². The smallest absolute Gasteiger partial charge is 0.119 e. The standard InChI is InChI=1S/C11H16N2O/c1-14-9-6-5-8-3-2-4-11(13-12)10(8)7-9/h5-7,11,13H,2-4,12H2,1H3. The van der Waals surface area contributed by atoms with Gasteiger partial charge in [0.05, 0.1) is 7.11 Å². The maximum atomic E-state index is 5.52. The van der Waals surface area contributed by atoms with E-state index >= 15 is 0 Å². The Morgan fingerprint density at radius 2 is 2.36 bits per heavy atom. The number of hydrazine groups is 1. The van der Waals surface area contributed by atoms with Gasteiger partial charge in [-0.25, -0.2) is 0 Å². The normalized spacial score (nSPS) is 20.3. The van der Waals surface area contributed by atoms with Crippen molar-refractivity contribution in [1.29, 1.82) is 0 Å². The van der Waals surface area contributed by atoms with Crippen LogP contribution in [-0.4, -0.2) is 7.11 Å². The molecule has 1 aliphatic rings. The van der Waals surface area contributed by atoms with Crippen LogP contribution in [0, 0.1) is 0 Å². The lowest BCUT2D eigenvalue weighted by Crippen LogP contribution is -2.30. The zero-order valence-electron chi connectivity index (χ0n) is 8.42. The number of hydrogen-bond acceptors (Lipinski definition) is 3. The Balaban J connectivity index is 2.38. The maximum Gasteiger partial charge on any atom is 0.119 e. The van der Waals surface area contributed by atoms with E-state index in [0.717, 1.165) is 18.6 Å². The SMILES string of the molecule is COc1ccc2c(c1)C(NN)CCC2. The van der Waals surface area contributed by atoms with Crippen LogP contribution in [0.3, 0.4) is 0 Å². The van der Waals surface area contributed by atoms with Crippen LogP contribution in [0.25, 0.3) is 0 Å². The van der Waals surface area contributed by atoms with Gasteiger partial charge in [-0.05, 0) is 42.5 Å². The molecule has 0 aliphatic heterocycles. The number of hydrogen-bond donors (Lipinski definition) is 2. The average molecular weight is 192 g/mol. The van der Waals surface area contributed by atoms with E-state index in [1.54, 1.807) is 7.11 Å². The minimum absolute atomic E-state index is 0.286. The molecule has 76 valence electrons. The maximum absolute atomic E-state index is 5.52. The van der Waals surface area contributed by atoms with Crippen molar-refractivity contribution in [2.24, 2.45) is 5.84 Å². The molecule has 1 aromatic carbocycles. The second-order valence-corrected chi connectivity index (χ2v) is 3.68. The van der Waals surface area contributed by atoms with E-state index in [2.05, 4.69) is 17.6 Å². The molecule has 0 bridgehead atoms. The molecule has 0 heterocycles. The summed E-state index contributed by atoms with van der Waals surface area (Å²) in [5, 5.41) is 0. The summed E-state index contributed by atoms with van der Waals surface area (Å²) in [6.07, 6.45) is 3.46. The van der Waals surface area contributed by atoms with Gasteiger partial charge < -0.3 is 4.74 Å². The van der Waals surface area contributed by atoms with Gasteiger partial charge in [0.15, 0.2) is 0 Å². The summed E-state index contributed by atoms with van der Waals surface area (Å²) in [5.41, 5.74) is 5.53. The Bertz CT molecular complexity index is 325. The molecule has 0 aromatic heterocycles. The predicted molar refractivity (Wildman–Crippen MR) is 56.0 cm³/mol. The lowest BCUT2D eigenvalue weighted by molar-refractivity contribution is 0.409. The highest BCUT2D eigenvalue weighted by atomic mass is 16.5. The number of rotatable bonds is 2. The molecule has 1 aliphatic carbocycles.